The number of carbonyl (C=O) groups excluding carboxylic acids is 1. The number of nitrogens with one attached hydrogen (secondary N) is 2. The average molecular weight is 271 g/mol. The van der Waals surface area contributed by atoms with Crippen molar-refractivity contribution in [2.45, 2.75) is 38.3 Å². The van der Waals surface area contributed by atoms with Crippen molar-refractivity contribution in [3.8, 4) is 0 Å². The zero-order valence-electron chi connectivity index (χ0n) is 11.7. The van der Waals surface area contributed by atoms with Crippen molar-refractivity contribution in [3.05, 3.63) is 28.6 Å². The molecule has 106 valence electrons. The first-order chi connectivity index (χ1) is 9.83. The van der Waals surface area contributed by atoms with Gasteiger partial charge in [-0.1, -0.05) is 6.08 Å². The third kappa shape index (κ3) is 1.95. The highest BCUT2D eigenvalue weighted by Crippen LogP contribution is 2.31. The minimum atomic E-state index is 0.284. The molecule has 1 saturated heterocycles. The van der Waals surface area contributed by atoms with Crippen LogP contribution in [0.25, 0.3) is 6.08 Å². The van der Waals surface area contributed by atoms with Crippen molar-refractivity contribution in [2.24, 2.45) is 0 Å². The van der Waals surface area contributed by atoms with Crippen LogP contribution in [0.15, 0.2) is 6.08 Å². The lowest BCUT2D eigenvalue weighted by atomic mass is 9.93. The summed E-state index contributed by atoms with van der Waals surface area (Å²) in [7, 11) is 0. The minimum absolute atomic E-state index is 0.284. The van der Waals surface area contributed by atoms with Gasteiger partial charge in [0.05, 0.1) is 0 Å². The summed E-state index contributed by atoms with van der Waals surface area (Å²) in [6.07, 6.45) is 8.12. The van der Waals surface area contributed by atoms with Crippen LogP contribution in [0.3, 0.4) is 0 Å². The Balaban J connectivity index is 1.63. The predicted molar refractivity (Wildman–Crippen MR) is 78.8 cm³/mol. The van der Waals surface area contributed by atoms with E-state index in [4.69, 9.17) is 0 Å². The van der Waals surface area contributed by atoms with Crippen molar-refractivity contribution in [2.75, 3.05) is 19.6 Å². The van der Waals surface area contributed by atoms with Crippen molar-refractivity contribution in [1.82, 2.24) is 15.2 Å². The van der Waals surface area contributed by atoms with E-state index < -0.39 is 0 Å². The molecule has 0 radical (unpaired) electrons. The number of ketones is 1. The fourth-order valence-electron chi connectivity index (χ4n) is 3.85. The Morgan fingerprint density at radius 1 is 1.25 bits per heavy atom. The van der Waals surface area contributed by atoms with Crippen LogP contribution >= 0.6 is 0 Å². The summed E-state index contributed by atoms with van der Waals surface area (Å²) in [6, 6.07) is 0.684. The van der Waals surface area contributed by atoms with Crippen molar-refractivity contribution in [1.29, 1.82) is 0 Å². The third-order valence-corrected chi connectivity index (χ3v) is 4.92. The molecule has 1 aliphatic carbocycles. The van der Waals surface area contributed by atoms with Crippen LogP contribution in [0, 0.1) is 0 Å². The average Bonchev–Trinajstić information content (AvgIpc) is 2.87. The summed E-state index contributed by atoms with van der Waals surface area (Å²) in [6.45, 7) is 4.32. The van der Waals surface area contributed by atoms with Gasteiger partial charge in [-0.25, -0.2) is 0 Å². The summed E-state index contributed by atoms with van der Waals surface area (Å²) in [5.41, 5.74) is 4.58. The lowest BCUT2D eigenvalue weighted by molar-refractivity contribution is 0.0989. The Bertz CT molecular complexity index is 567. The van der Waals surface area contributed by atoms with Gasteiger partial charge in [0.2, 0.25) is 0 Å². The maximum atomic E-state index is 12.2. The number of fused-ring (bicyclic) bond motifs is 3. The standard InChI is InChI=1S/C16H21N3O/c20-15-3-1-2-14-16(15)12-10-19(9-6-13(12)18-14)11-4-7-17-8-5-11/h1-2,11,17-18H,3-10H2. The maximum absolute atomic E-state index is 12.2. The van der Waals surface area contributed by atoms with Gasteiger partial charge in [0.25, 0.3) is 0 Å². The number of rotatable bonds is 1. The molecule has 0 saturated carbocycles. The molecule has 3 heterocycles. The second kappa shape index (κ2) is 4.86. The molecule has 0 bridgehead atoms. The normalized spacial score (nSPS) is 23.7. The quantitative estimate of drug-likeness (QED) is 0.817. The second-order valence-electron chi connectivity index (χ2n) is 6.10. The number of aromatic amines is 1. The molecular formula is C16H21N3O. The highest BCUT2D eigenvalue weighted by Gasteiger charge is 2.30. The van der Waals surface area contributed by atoms with Crippen LogP contribution in [0.2, 0.25) is 0 Å². The van der Waals surface area contributed by atoms with Gasteiger partial charge in [0.1, 0.15) is 0 Å². The Hall–Kier alpha value is -1.39. The Labute approximate surface area is 119 Å². The van der Waals surface area contributed by atoms with Crippen LogP contribution < -0.4 is 5.32 Å². The van der Waals surface area contributed by atoms with Gasteiger partial charge in [0.15, 0.2) is 5.78 Å². The van der Waals surface area contributed by atoms with Gasteiger partial charge in [-0.05, 0) is 37.6 Å². The van der Waals surface area contributed by atoms with Crippen molar-refractivity contribution in [3.63, 3.8) is 0 Å². The summed E-state index contributed by atoms with van der Waals surface area (Å²) < 4.78 is 0. The van der Waals surface area contributed by atoms with Crippen LogP contribution in [0.1, 0.15) is 46.6 Å². The first-order valence-electron chi connectivity index (χ1n) is 7.71. The van der Waals surface area contributed by atoms with Gasteiger partial charge >= 0.3 is 0 Å². The number of hydrogen-bond donors (Lipinski definition) is 2. The van der Waals surface area contributed by atoms with Crippen molar-refractivity contribution >= 4 is 11.9 Å². The first kappa shape index (κ1) is 12.4. The molecule has 2 N–H and O–H groups in total. The van der Waals surface area contributed by atoms with E-state index in [1.807, 2.05) is 6.08 Å². The molecule has 0 amide bonds. The van der Waals surface area contributed by atoms with Crippen LogP contribution in [0.5, 0.6) is 0 Å². The van der Waals surface area contributed by atoms with E-state index >= 15 is 0 Å². The maximum Gasteiger partial charge on any atom is 0.169 e. The summed E-state index contributed by atoms with van der Waals surface area (Å²) in [5, 5.41) is 3.43. The van der Waals surface area contributed by atoms with Gasteiger partial charge in [-0.15, -0.1) is 0 Å². The number of hydrogen-bond acceptors (Lipinski definition) is 3. The fraction of sp³-hybridized carbons (Fsp3) is 0.562. The molecule has 0 aromatic carbocycles. The number of allylic oxidation sites excluding steroid dienone is 1. The molecule has 4 rings (SSSR count). The van der Waals surface area contributed by atoms with E-state index in [0.717, 1.165) is 43.9 Å². The molecule has 1 fully saturated rings. The Kier molecular flexibility index (Phi) is 3.00. The van der Waals surface area contributed by atoms with E-state index in [-0.39, 0.29) is 5.78 Å². The Morgan fingerprint density at radius 3 is 2.95 bits per heavy atom. The smallest absolute Gasteiger partial charge is 0.169 e. The number of nitrogens with zero attached hydrogens (tertiary/aromatic N) is 1. The van der Waals surface area contributed by atoms with E-state index in [1.165, 1.54) is 24.1 Å². The molecule has 0 spiro atoms. The summed E-state index contributed by atoms with van der Waals surface area (Å²) in [4.78, 5) is 18.2. The molecule has 0 atom stereocenters. The van der Waals surface area contributed by atoms with Gasteiger partial charge in [0, 0.05) is 48.9 Å². The van der Waals surface area contributed by atoms with Crippen LogP contribution in [-0.4, -0.2) is 41.3 Å². The molecule has 20 heavy (non-hydrogen) atoms. The molecule has 1 aromatic heterocycles. The van der Waals surface area contributed by atoms with Crippen LogP contribution in [-0.2, 0) is 13.0 Å². The number of piperidine rings is 1. The molecule has 3 aliphatic rings. The molecule has 0 unspecified atom stereocenters. The zero-order valence-corrected chi connectivity index (χ0v) is 11.7. The van der Waals surface area contributed by atoms with Crippen molar-refractivity contribution < 1.29 is 4.79 Å². The largest absolute Gasteiger partial charge is 0.358 e. The number of Topliss-reactive ketones (excluding diaryl/α,β-unsaturated/α-hetero) is 1. The SMILES string of the molecule is O=C1CC=Cc2[nH]c3c(c21)CN(C1CCNCC1)CC3. The highest BCUT2D eigenvalue weighted by atomic mass is 16.1. The first-order valence-corrected chi connectivity index (χ1v) is 7.71. The lowest BCUT2D eigenvalue weighted by Crippen LogP contribution is -2.45. The van der Waals surface area contributed by atoms with E-state index in [1.54, 1.807) is 0 Å². The predicted octanol–water partition coefficient (Wildman–Crippen LogP) is 1.72. The zero-order chi connectivity index (χ0) is 13.5. The summed E-state index contributed by atoms with van der Waals surface area (Å²) in [5.74, 6) is 0.284. The third-order valence-electron chi connectivity index (χ3n) is 4.92. The monoisotopic (exact) mass is 271 g/mol. The van der Waals surface area contributed by atoms with E-state index in [2.05, 4.69) is 21.3 Å². The number of aromatic nitrogens is 1. The van der Waals surface area contributed by atoms with Gasteiger partial charge in [-0.2, -0.15) is 0 Å². The number of carbonyl (C=O) groups is 1. The van der Waals surface area contributed by atoms with E-state index in [0.29, 0.717) is 12.5 Å². The molecule has 1 aromatic rings. The topological polar surface area (TPSA) is 48.1 Å². The van der Waals surface area contributed by atoms with Gasteiger partial charge < -0.3 is 10.3 Å². The summed E-state index contributed by atoms with van der Waals surface area (Å²) >= 11 is 0. The number of H-pyrrole nitrogens is 1. The molecule has 4 nitrogen and oxygen atoms in total. The lowest BCUT2D eigenvalue weighted by Gasteiger charge is -2.37. The molecule has 2 aliphatic heterocycles. The second-order valence-corrected chi connectivity index (χ2v) is 6.10. The molecule has 4 heteroatoms. The highest BCUT2D eigenvalue weighted by molar-refractivity contribution is 6.04. The molecular weight excluding hydrogens is 250 g/mol. The Morgan fingerprint density at radius 2 is 2.10 bits per heavy atom. The minimum Gasteiger partial charge on any atom is -0.358 e. The van der Waals surface area contributed by atoms with Crippen LogP contribution in [0.4, 0.5) is 0 Å². The van der Waals surface area contributed by atoms with E-state index in [9.17, 15) is 4.79 Å². The van der Waals surface area contributed by atoms with Gasteiger partial charge in [-0.3, -0.25) is 9.69 Å². The fourth-order valence-corrected chi connectivity index (χ4v) is 3.85.